The van der Waals surface area contributed by atoms with Gasteiger partial charge in [0.1, 0.15) is 10.0 Å². The van der Waals surface area contributed by atoms with Gasteiger partial charge in [-0.3, -0.25) is 0 Å². The molecule has 0 saturated carbocycles. The first-order chi connectivity index (χ1) is 8.47. The topological polar surface area (TPSA) is 72.0 Å². The van der Waals surface area contributed by atoms with E-state index in [-0.39, 0.29) is 11.4 Å². The molecule has 1 N–H and O–H groups in total. The summed E-state index contributed by atoms with van der Waals surface area (Å²) < 4.78 is 27.2. The van der Waals surface area contributed by atoms with E-state index in [4.69, 9.17) is 0 Å². The van der Waals surface area contributed by atoms with Crippen molar-refractivity contribution in [3.63, 3.8) is 0 Å². The van der Waals surface area contributed by atoms with Crippen LogP contribution in [0.1, 0.15) is 10.0 Å². The van der Waals surface area contributed by atoms with Crippen molar-refractivity contribution < 1.29 is 8.42 Å². The maximum Gasteiger partial charge on any atom is 0.240 e. The Morgan fingerprint density at radius 1 is 1.28 bits per heavy atom. The zero-order chi connectivity index (χ0) is 13.2. The molecule has 0 aliphatic carbocycles. The zero-order valence-electron chi connectivity index (χ0n) is 9.42. The van der Waals surface area contributed by atoms with Crippen molar-refractivity contribution in [1.29, 1.82) is 0 Å². The summed E-state index contributed by atoms with van der Waals surface area (Å²) in [5.41, 5.74) is 0. The number of sulfonamides is 1. The Hall–Kier alpha value is -0.830. The Morgan fingerprint density at radius 2 is 1.94 bits per heavy atom. The molecule has 0 bridgehead atoms. The molecule has 1 heterocycles. The standard InChI is InChI=1S/C10H10BrN3O2S2/c1-7-13-14-10(17-7)6-12-18(15,16)9-4-2-8(11)3-5-9/h2-5,12H,6H2,1H3. The lowest BCUT2D eigenvalue weighted by atomic mass is 10.4. The third-order valence-electron chi connectivity index (χ3n) is 2.11. The number of nitrogens with one attached hydrogen (secondary N) is 1. The monoisotopic (exact) mass is 347 g/mol. The molecule has 1 aromatic carbocycles. The Bertz CT molecular complexity index is 637. The summed E-state index contributed by atoms with van der Waals surface area (Å²) in [4.78, 5) is 0.229. The van der Waals surface area contributed by atoms with E-state index in [2.05, 4.69) is 30.8 Å². The third-order valence-corrected chi connectivity index (χ3v) is 4.89. The first kappa shape index (κ1) is 13.6. The molecule has 2 aromatic rings. The number of rotatable bonds is 4. The van der Waals surface area contributed by atoms with Crippen molar-refractivity contribution >= 4 is 37.3 Å². The van der Waals surface area contributed by atoms with Crippen molar-refractivity contribution in [2.45, 2.75) is 18.4 Å². The van der Waals surface area contributed by atoms with E-state index in [0.717, 1.165) is 9.48 Å². The minimum atomic E-state index is -3.50. The van der Waals surface area contributed by atoms with Crippen molar-refractivity contribution in [1.82, 2.24) is 14.9 Å². The Morgan fingerprint density at radius 3 is 2.50 bits per heavy atom. The normalized spacial score (nSPS) is 11.7. The summed E-state index contributed by atoms with van der Waals surface area (Å²) in [7, 11) is -3.50. The van der Waals surface area contributed by atoms with Gasteiger partial charge in [-0.05, 0) is 31.2 Å². The number of aromatic nitrogens is 2. The van der Waals surface area contributed by atoms with Crippen LogP contribution < -0.4 is 4.72 Å². The molecule has 0 atom stereocenters. The summed E-state index contributed by atoms with van der Waals surface area (Å²) in [5, 5.41) is 9.15. The Balaban J connectivity index is 2.10. The highest BCUT2D eigenvalue weighted by Gasteiger charge is 2.14. The van der Waals surface area contributed by atoms with E-state index in [9.17, 15) is 8.42 Å². The van der Waals surface area contributed by atoms with E-state index in [1.807, 2.05) is 6.92 Å². The highest BCUT2D eigenvalue weighted by atomic mass is 79.9. The molecule has 8 heteroatoms. The van der Waals surface area contributed by atoms with Crippen LogP contribution in [0.15, 0.2) is 33.6 Å². The predicted octanol–water partition coefficient (Wildman–Crippen LogP) is 2.09. The number of halogens is 1. The van der Waals surface area contributed by atoms with Gasteiger partial charge in [0.15, 0.2) is 0 Å². The molecular weight excluding hydrogens is 338 g/mol. The fraction of sp³-hybridized carbons (Fsp3) is 0.200. The van der Waals surface area contributed by atoms with Gasteiger partial charge in [-0.2, -0.15) is 0 Å². The lowest BCUT2D eigenvalue weighted by Crippen LogP contribution is -2.23. The molecule has 18 heavy (non-hydrogen) atoms. The fourth-order valence-corrected chi connectivity index (χ4v) is 3.25. The second kappa shape index (κ2) is 5.43. The van der Waals surface area contributed by atoms with Gasteiger partial charge in [-0.1, -0.05) is 15.9 Å². The lowest BCUT2D eigenvalue weighted by molar-refractivity contribution is 0.581. The first-order valence-corrected chi connectivity index (χ1v) is 8.11. The van der Waals surface area contributed by atoms with Crippen molar-refractivity contribution in [2.24, 2.45) is 0 Å². The maximum absolute atomic E-state index is 12.0. The lowest BCUT2D eigenvalue weighted by Gasteiger charge is -2.04. The van der Waals surface area contributed by atoms with Gasteiger partial charge in [-0.15, -0.1) is 21.5 Å². The second-order valence-electron chi connectivity index (χ2n) is 3.49. The SMILES string of the molecule is Cc1nnc(CNS(=O)(=O)c2ccc(Br)cc2)s1. The third kappa shape index (κ3) is 3.35. The summed E-state index contributed by atoms with van der Waals surface area (Å²) in [6.45, 7) is 1.98. The van der Waals surface area contributed by atoms with Gasteiger partial charge in [0.25, 0.3) is 0 Å². The molecule has 0 spiro atoms. The summed E-state index contributed by atoms with van der Waals surface area (Å²) in [6.07, 6.45) is 0. The number of hydrogen-bond donors (Lipinski definition) is 1. The largest absolute Gasteiger partial charge is 0.240 e. The van der Waals surface area contributed by atoms with Gasteiger partial charge in [-0.25, -0.2) is 13.1 Å². The van der Waals surface area contributed by atoms with Gasteiger partial charge in [0, 0.05) is 4.47 Å². The molecule has 2 rings (SSSR count). The molecule has 0 unspecified atom stereocenters. The number of nitrogens with zero attached hydrogens (tertiary/aromatic N) is 2. The van der Waals surface area contributed by atoms with Crippen molar-refractivity contribution in [3.8, 4) is 0 Å². The smallest absolute Gasteiger partial charge is 0.207 e. The average Bonchev–Trinajstić information content (AvgIpc) is 2.73. The van der Waals surface area contributed by atoms with Crippen molar-refractivity contribution in [2.75, 3.05) is 0 Å². The predicted molar refractivity (Wildman–Crippen MR) is 72.8 cm³/mol. The Kier molecular flexibility index (Phi) is 4.10. The average molecular weight is 348 g/mol. The van der Waals surface area contributed by atoms with E-state index in [1.54, 1.807) is 12.1 Å². The molecule has 0 aliphatic rings. The van der Waals surface area contributed by atoms with Gasteiger partial charge in [0.05, 0.1) is 11.4 Å². The molecule has 0 aliphatic heterocycles. The maximum atomic E-state index is 12.0. The molecule has 5 nitrogen and oxygen atoms in total. The van der Waals surface area contributed by atoms with E-state index in [0.29, 0.717) is 5.01 Å². The van der Waals surface area contributed by atoms with Crippen LogP contribution in [0.25, 0.3) is 0 Å². The number of benzene rings is 1. The number of aryl methyl sites for hydroxylation is 1. The highest BCUT2D eigenvalue weighted by molar-refractivity contribution is 9.10. The van der Waals surface area contributed by atoms with Crippen molar-refractivity contribution in [3.05, 3.63) is 38.8 Å². The van der Waals surface area contributed by atoms with Crippen LogP contribution in [0.2, 0.25) is 0 Å². The van der Waals surface area contributed by atoms with Gasteiger partial charge in [0.2, 0.25) is 10.0 Å². The molecule has 0 amide bonds. The Labute approximate surface area is 117 Å². The van der Waals surface area contributed by atoms with Crippen LogP contribution in [0.5, 0.6) is 0 Å². The summed E-state index contributed by atoms with van der Waals surface area (Å²) in [6, 6.07) is 6.45. The fourth-order valence-electron chi connectivity index (χ4n) is 1.26. The van der Waals surface area contributed by atoms with Crippen LogP contribution in [0, 0.1) is 6.92 Å². The van der Waals surface area contributed by atoms with Crippen LogP contribution in [-0.2, 0) is 16.6 Å². The molecule has 1 aromatic heterocycles. The molecule has 0 saturated heterocycles. The molecule has 96 valence electrons. The van der Waals surface area contributed by atoms with Crippen LogP contribution >= 0.6 is 27.3 Å². The van der Waals surface area contributed by atoms with Gasteiger partial charge < -0.3 is 0 Å². The molecule has 0 fully saturated rings. The number of hydrogen-bond acceptors (Lipinski definition) is 5. The minimum absolute atomic E-state index is 0.157. The molecular formula is C10H10BrN3O2S2. The van der Waals surface area contributed by atoms with E-state index in [1.165, 1.54) is 23.5 Å². The minimum Gasteiger partial charge on any atom is -0.207 e. The summed E-state index contributed by atoms with van der Waals surface area (Å²) in [5.74, 6) is 0. The quantitative estimate of drug-likeness (QED) is 0.918. The first-order valence-electron chi connectivity index (χ1n) is 5.01. The second-order valence-corrected chi connectivity index (χ2v) is 7.44. The highest BCUT2D eigenvalue weighted by Crippen LogP contribution is 2.15. The van der Waals surface area contributed by atoms with E-state index < -0.39 is 10.0 Å². The van der Waals surface area contributed by atoms with Crippen LogP contribution in [0.3, 0.4) is 0 Å². The van der Waals surface area contributed by atoms with E-state index >= 15 is 0 Å². The zero-order valence-corrected chi connectivity index (χ0v) is 12.6. The van der Waals surface area contributed by atoms with Crippen LogP contribution in [-0.4, -0.2) is 18.6 Å². The van der Waals surface area contributed by atoms with Crippen LogP contribution in [0.4, 0.5) is 0 Å². The van der Waals surface area contributed by atoms with Gasteiger partial charge >= 0.3 is 0 Å². The summed E-state index contributed by atoms with van der Waals surface area (Å²) >= 11 is 4.63. The molecule has 0 radical (unpaired) electrons.